The van der Waals surface area contributed by atoms with E-state index in [1.54, 1.807) is 30.5 Å². The van der Waals surface area contributed by atoms with Gasteiger partial charge in [-0.1, -0.05) is 31.5 Å². The molecular weight excluding hydrogens is 374 g/mol. The van der Waals surface area contributed by atoms with Crippen LogP contribution in [-0.2, 0) is 9.53 Å². The van der Waals surface area contributed by atoms with E-state index in [1.165, 1.54) is 11.3 Å². The summed E-state index contributed by atoms with van der Waals surface area (Å²) in [6.45, 7) is 6.48. The van der Waals surface area contributed by atoms with Crippen LogP contribution in [0, 0.1) is 12.8 Å². The fraction of sp³-hybridized carbons (Fsp3) is 0.389. The Bertz CT molecular complexity index is 777. The average Bonchev–Trinajstić information content (AvgIpc) is 3.05. The zero-order valence-corrected chi connectivity index (χ0v) is 16.5. The third kappa shape index (κ3) is 6.00. The van der Waals surface area contributed by atoms with E-state index < -0.39 is 18.5 Å². The number of benzene rings is 1. The number of carbonyl (C=O) groups is 2. The molecule has 0 fully saturated rings. The summed E-state index contributed by atoms with van der Waals surface area (Å²) in [7, 11) is 0. The lowest BCUT2D eigenvalue weighted by molar-refractivity contribution is -0.119. The van der Waals surface area contributed by atoms with Crippen LogP contribution >= 0.6 is 22.9 Å². The molecule has 2 rings (SSSR count). The molecule has 0 bridgehead atoms. The summed E-state index contributed by atoms with van der Waals surface area (Å²) in [6, 6.07) is 5.21. The largest absolute Gasteiger partial charge is 0.451 e. The zero-order chi connectivity index (χ0) is 19.1. The first-order valence-corrected chi connectivity index (χ1v) is 9.54. The van der Waals surface area contributed by atoms with Crippen LogP contribution in [0.25, 0.3) is 0 Å². The molecule has 2 N–H and O–H groups in total. The van der Waals surface area contributed by atoms with Gasteiger partial charge < -0.3 is 15.4 Å². The van der Waals surface area contributed by atoms with Crippen molar-refractivity contribution < 1.29 is 14.3 Å². The maximum Gasteiger partial charge on any atom is 0.358 e. The highest BCUT2D eigenvalue weighted by Crippen LogP contribution is 2.23. The Balaban J connectivity index is 1.81. The van der Waals surface area contributed by atoms with E-state index in [-0.39, 0.29) is 5.69 Å². The molecule has 2 aromatic rings. The monoisotopic (exact) mass is 395 g/mol. The van der Waals surface area contributed by atoms with Crippen LogP contribution in [0.5, 0.6) is 0 Å². The van der Waals surface area contributed by atoms with Crippen molar-refractivity contribution in [3.63, 3.8) is 0 Å². The molecule has 0 aliphatic carbocycles. The Morgan fingerprint density at radius 1 is 1.35 bits per heavy atom. The number of hydrogen-bond donors (Lipinski definition) is 2. The summed E-state index contributed by atoms with van der Waals surface area (Å²) in [5, 5.41) is 8.67. The molecule has 0 aliphatic heterocycles. The predicted molar refractivity (Wildman–Crippen MR) is 105 cm³/mol. The summed E-state index contributed by atoms with van der Waals surface area (Å²) in [5.41, 5.74) is 1.53. The van der Waals surface area contributed by atoms with Crippen molar-refractivity contribution in [3.05, 3.63) is 39.9 Å². The first kappa shape index (κ1) is 20.2. The van der Waals surface area contributed by atoms with Crippen molar-refractivity contribution in [2.24, 2.45) is 5.92 Å². The molecule has 140 valence electrons. The number of esters is 1. The molecule has 26 heavy (non-hydrogen) atoms. The van der Waals surface area contributed by atoms with Gasteiger partial charge in [-0.15, -0.1) is 11.3 Å². The molecule has 0 radical (unpaired) electrons. The highest BCUT2D eigenvalue weighted by molar-refractivity contribution is 7.13. The number of nitrogens with zero attached hydrogens (tertiary/aromatic N) is 1. The number of thiazole rings is 1. The van der Waals surface area contributed by atoms with Gasteiger partial charge >= 0.3 is 5.97 Å². The third-order valence-corrected chi connectivity index (χ3v) is 4.80. The topological polar surface area (TPSA) is 80.3 Å². The molecule has 1 aromatic carbocycles. The number of aromatic nitrogens is 1. The van der Waals surface area contributed by atoms with Crippen LogP contribution < -0.4 is 10.6 Å². The number of carbonyl (C=O) groups excluding carboxylic acids is 2. The lowest BCUT2D eigenvalue weighted by atomic mass is 10.1. The van der Waals surface area contributed by atoms with Gasteiger partial charge in [-0.05, 0) is 37.0 Å². The van der Waals surface area contributed by atoms with Crippen LogP contribution in [0.1, 0.15) is 36.3 Å². The standard InChI is InChI=1S/C18H22ClN3O3S/c1-11(2)7-8-20-18-22-15(10-26-18)17(24)25-9-16(23)21-14-6-4-5-13(19)12(14)3/h4-6,10-11H,7-9H2,1-3H3,(H,20,22)(H,21,23). The van der Waals surface area contributed by atoms with E-state index in [0.717, 1.165) is 18.5 Å². The fourth-order valence-electron chi connectivity index (χ4n) is 2.05. The molecule has 6 nitrogen and oxygen atoms in total. The second kappa shape index (κ2) is 9.54. The number of ether oxygens (including phenoxy) is 1. The molecule has 8 heteroatoms. The second-order valence-corrected chi connectivity index (χ2v) is 7.45. The van der Waals surface area contributed by atoms with Gasteiger partial charge in [-0.2, -0.15) is 0 Å². The quantitative estimate of drug-likeness (QED) is 0.649. The van der Waals surface area contributed by atoms with E-state index in [9.17, 15) is 9.59 Å². The molecule has 0 atom stereocenters. The van der Waals surface area contributed by atoms with Gasteiger partial charge in [0.25, 0.3) is 5.91 Å². The maximum atomic E-state index is 12.0. The predicted octanol–water partition coefficient (Wildman–Crippen LogP) is 4.36. The van der Waals surface area contributed by atoms with Crippen molar-refractivity contribution in [1.82, 2.24) is 4.98 Å². The van der Waals surface area contributed by atoms with Gasteiger partial charge in [0.05, 0.1) is 0 Å². The Hall–Kier alpha value is -2.12. The molecule has 1 aromatic heterocycles. The molecule has 0 unspecified atom stereocenters. The number of hydrogen-bond acceptors (Lipinski definition) is 6. The van der Waals surface area contributed by atoms with Crippen molar-refractivity contribution in [2.75, 3.05) is 23.8 Å². The normalized spacial score (nSPS) is 10.7. The highest BCUT2D eigenvalue weighted by atomic mass is 35.5. The minimum absolute atomic E-state index is 0.189. The molecule has 0 saturated carbocycles. The molecule has 1 amide bonds. The van der Waals surface area contributed by atoms with Crippen LogP contribution in [0.3, 0.4) is 0 Å². The summed E-state index contributed by atoms with van der Waals surface area (Å²) in [6.07, 6.45) is 1.02. The summed E-state index contributed by atoms with van der Waals surface area (Å²) in [4.78, 5) is 28.1. The van der Waals surface area contributed by atoms with E-state index in [0.29, 0.717) is 21.8 Å². The van der Waals surface area contributed by atoms with Crippen molar-refractivity contribution in [3.8, 4) is 0 Å². The van der Waals surface area contributed by atoms with Gasteiger partial charge in [0, 0.05) is 22.6 Å². The zero-order valence-electron chi connectivity index (χ0n) is 15.0. The van der Waals surface area contributed by atoms with E-state index in [4.69, 9.17) is 16.3 Å². The van der Waals surface area contributed by atoms with E-state index >= 15 is 0 Å². The summed E-state index contributed by atoms with van der Waals surface area (Å²) >= 11 is 7.34. The highest BCUT2D eigenvalue weighted by Gasteiger charge is 2.15. The van der Waals surface area contributed by atoms with Crippen LogP contribution in [-0.4, -0.2) is 30.0 Å². The van der Waals surface area contributed by atoms with Gasteiger partial charge in [-0.3, -0.25) is 4.79 Å². The molecule has 1 heterocycles. The van der Waals surface area contributed by atoms with Gasteiger partial charge in [0.15, 0.2) is 17.4 Å². The number of anilines is 2. The van der Waals surface area contributed by atoms with E-state index in [1.807, 2.05) is 0 Å². The van der Waals surface area contributed by atoms with E-state index in [2.05, 4.69) is 29.5 Å². The first-order chi connectivity index (χ1) is 12.4. The van der Waals surface area contributed by atoms with Crippen LogP contribution in [0.4, 0.5) is 10.8 Å². The lowest BCUT2D eigenvalue weighted by Crippen LogP contribution is -2.21. The fourth-order valence-corrected chi connectivity index (χ4v) is 2.93. The molecule has 0 aliphatic rings. The second-order valence-electron chi connectivity index (χ2n) is 6.18. The van der Waals surface area contributed by atoms with Crippen LogP contribution in [0.2, 0.25) is 5.02 Å². The Labute approximate surface area is 161 Å². The number of nitrogens with one attached hydrogen (secondary N) is 2. The molecular formula is C18H22ClN3O3S. The Kier molecular flexibility index (Phi) is 7.41. The minimum Gasteiger partial charge on any atom is -0.451 e. The van der Waals surface area contributed by atoms with Gasteiger partial charge in [0.1, 0.15) is 0 Å². The third-order valence-electron chi connectivity index (χ3n) is 3.59. The lowest BCUT2D eigenvalue weighted by Gasteiger charge is -2.09. The summed E-state index contributed by atoms with van der Waals surface area (Å²) < 4.78 is 5.02. The van der Waals surface area contributed by atoms with Crippen molar-refractivity contribution in [2.45, 2.75) is 27.2 Å². The Morgan fingerprint density at radius 2 is 2.12 bits per heavy atom. The SMILES string of the molecule is Cc1c(Cl)cccc1NC(=O)COC(=O)c1csc(NCCC(C)C)n1. The van der Waals surface area contributed by atoms with Crippen LogP contribution in [0.15, 0.2) is 23.6 Å². The average molecular weight is 396 g/mol. The summed E-state index contributed by atoms with van der Waals surface area (Å²) in [5.74, 6) is -0.473. The number of halogens is 1. The number of amides is 1. The maximum absolute atomic E-state index is 12.0. The number of rotatable bonds is 8. The first-order valence-electron chi connectivity index (χ1n) is 8.28. The smallest absolute Gasteiger partial charge is 0.358 e. The molecule has 0 saturated heterocycles. The minimum atomic E-state index is -0.629. The Morgan fingerprint density at radius 3 is 2.85 bits per heavy atom. The van der Waals surface area contributed by atoms with Gasteiger partial charge in [-0.25, -0.2) is 9.78 Å². The van der Waals surface area contributed by atoms with Crippen molar-refractivity contribution in [1.29, 1.82) is 0 Å². The molecule has 0 spiro atoms. The van der Waals surface area contributed by atoms with Gasteiger partial charge in [0.2, 0.25) is 0 Å². The van der Waals surface area contributed by atoms with Crippen molar-refractivity contribution >= 4 is 45.6 Å².